The number of guanidine groups is 1. The number of rotatable bonds is 7. The molecule has 1 aromatic rings. The first-order chi connectivity index (χ1) is 13.0. The summed E-state index contributed by atoms with van der Waals surface area (Å²) in [4.78, 5) is 11.8. The lowest BCUT2D eigenvalue weighted by molar-refractivity contribution is 0.119. The number of piperazine rings is 1. The number of hydrogen-bond donors (Lipinski definition) is 1. The van der Waals surface area contributed by atoms with Crippen molar-refractivity contribution in [1.29, 1.82) is 0 Å². The van der Waals surface area contributed by atoms with Crippen molar-refractivity contribution in [2.75, 3.05) is 68.1 Å². The summed E-state index contributed by atoms with van der Waals surface area (Å²) in [7, 11) is 9.77. The van der Waals surface area contributed by atoms with Crippen molar-refractivity contribution in [1.82, 2.24) is 20.0 Å². The van der Waals surface area contributed by atoms with E-state index in [1.54, 1.807) is 14.2 Å². The minimum Gasteiger partial charge on any atom is -0.497 e. The molecule has 1 aromatic carbocycles. The topological polar surface area (TPSA) is 52.6 Å². The SMILES string of the molecule is CCNC(=NCC1CN(C)CCN1C)N(C)Cc1ccc(OC)cc1OC.I. The molecule has 2 rings (SSSR count). The molecule has 0 bridgehead atoms. The van der Waals surface area contributed by atoms with Gasteiger partial charge in [-0.15, -0.1) is 24.0 Å². The van der Waals surface area contributed by atoms with Crippen molar-refractivity contribution >= 4 is 29.9 Å². The molecule has 1 aliphatic rings. The predicted molar refractivity (Wildman–Crippen MR) is 126 cm³/mol. The van der Waals surface area contributed by atoms with E-state index < -0.39 is 0 Å². The van der Waals surface area contributed by atoms with Crippen LogP contribution >= 0.6 is 24.0 Å². The van der Waals surface area contributed by atoms with E-state index in [4.69, 9.17) is 14.5 Å². The molecular formula is C20H36IN5O2. The second-order valence-corrected chi connectivity index (χ2v) is 7.13. The minimum atomic E-state index is 0. The molecule has 1 aliphatic heterocycles. The molecule has 1 N–H and O–H groups in total. The number of ether oxygens (including phenoxy) is 2. The highest BCUT2D eigenvalue weighted by atomic mass is 127. The zero-order chi connectivity index (χ0) is 19.8. The van der Waals surface area contributed by atoms with E-state index in [0.717, 1.165) is 55.7 Å². The number of likely N-dealkylation sites (N-methyl/N-ethyl adjacent to an activating group) is 2. The molecule has 0 radical (unpaired) electrons. The second kappa shape index (κ2) is 12.3. The van der Waals surface area contributed by atoms with Crippen LogP contribution in [0, 0.1) is 0 Å². The third-order valence-electron chi connectivity index (χ3n) is 5.03. The Morgan fingerprint density at radius 3 is 2.64 bits per heavy atom. The Kier molecular flexibility index (Phi) is 10.9. The lowest BCUT2D eigenvalue weighted by Crippen LogP contribution is -2.51. The van der Waals surface area contributed by atoms with Crippen molar-refractivity contribution in [2.45, 2.75) is 19.5 Å². The van der Waals surface area contributed by atoms with Gasteiger partial charge in [0.25, 0.3) is 0 Å². The van der Waals surface area contributed by atoms with Gasteiger partial charge in [-0.1, -0.05) is 0 Å². The van der Waals surface area contributed by atoms with Crippen LogP contribution in [0.3, 0.4) is 0 Å². The van der Waals surface area contributed by atoms with Gasteiger partial charge in [0.2, 0.25) is 0 Å². The fourth-order valence-electron chi connectivity index (χ4n) is 3.27. The van der Waals surface area contributed by atoms with Crippen molar-refractivity contribution in [3.05, 3.63) is 23.8 Å². The molecular weight excluding hydrogens is 469 g/mol. The van der Waals surface area contributed by atoms with Gasteiger partial charge in [0, 0.05) is 57.4 Å². The van der Waals surface area contributed by atoms with Crippen LogP contribution in [-0.4, -0.2) is 94.8 Å². The van der Waals surface area contributed by atoms with Crippen molar-refractivity contribution in [3.8, 4) is 11.5 Å². The van der Waals surface area contributed by atoms with Crippen molar-refractivity contribution < 1.29 is 9.47 Å². The van der Waals surface area contributed by atoms with E-state index in [0.29, 0.717) is 12.6 Å². The number of nitrogens with zero attached hydrogens (tertiary/aromatic N) is 4. The standard InChI is InChI=1S/C20H35N5O2.HI/c1-7-21-20(22-13-17-15-23(2)10-11-24(17)3)25(4)14-16-8-9-18(26-5)12-19(16)27-6;/h8-9,12,17H,7,10-11,13-15H2,1-6H3,(H,21,22);1H. The van der Waals surface area contributed by atoms with Crippen LogP contribution in [0.15, 0.2) is 23.2 Å². The summed E-state index contributed by atoms with van der Waals surface area (Å²) in [5, 5.41) is 3.41. The second-order valence-electron chi connectivity index (χ2n) is 7.13. The largest absolute Gasteiger partial charge is 0.497 e. The highest BCUT2D eigenvalue weighted by Crippen LogP contribution is 2.25. The molecule has 1 unspecified atom stereocenters. The van der Waals surface area contributed by atoms with Crippen LogP contribution in [0.25, 0.3) is 0 Å². The maximum absolute atomic E-state index is 5.53. The average Bonchev–Trinajstić information content (AvgIpc) is 2.67. The van der Waals surface area contributed by atoms with Gasteiger partial charge >= 0.3 is 0 Å². The fourth-order valence-corrected chi connectivity index (χ4v) is 3.27. The molecule has 0 spiro atoms. The zero-order valence-electron chi connectivity index (χ0n) is 18.1. The van der Waals surface area contributed by atoms with Gasteiger partial charge in [-0.2, -0.15) is 0 Å². The van der Waals surface area contributed by atoms with E-state index in [1.807, 2.05) is 18.2 Å². The lowest BCUT2D eigenvalue weighted by Gasteiger charge is -2.37. The molecule has 1 fully saturated rings. The molecule has 8 heteroatoms. The van der Waals surface area contributed by atoms with Crippen molar-refractivity contribution in [3.63, 3.8) is 0 Å². The Morgan fingerprint density at radius 1 is 1.25 bits per heavy atom. The molecule has 0 aromatic heterocycles. The molecule has 0 amide bonds. The monoisotopic (exact) mass is 505 g/mol. The summed E-state index contributed by atoms with van der Waals surface area (Å²) in [6, 6.07) is 6.37. The molecule has 1 atom stereocenters. The maximum Gasteiger partial charge on any atom is 0.194 e. The Morgan fingerprint density at radius 2 is 2.00 bits per heavy atom. The van der Waals surface area contributed by atoms with Gasteiger partial charge in [-0.3, -0.25) is 9.89 Å². The van der Waals surface area contributed by atoms with Gasteiger partial charge in [-0.05, 0) is 33.2 Å². The molecule has 0 aliphatic carbocycles. The van der Waals surface area contributed by atoms with E-state index in [9.17, 15) is 0 Å². The fraction of sp³-hybridized carbons (Fsp3) is 0.650. The van der Waals surface area contributed by atoms with Gasteiger partial charge in [0.1, 0.15) is 11.5 Å². The number of nitrogens with one attached hydrogen (secondary N) is 1. The Bertz CT molecular complexity index is 629. The van der Waals surface area contributed by atoms with E-state index in [2.05, 4.69) is 48.1 Å². The number of benzene rings is 1. The quantitative estimate of drug-likeness (QED) is 0.348. The molecule has 28 heavy (non-hydrogen) atoms. The summed E-state index contributed by atoms with van der Waals surface area (Å²) in [5.41, 5.74) is 1.10. The van der Waals surface area contributed by atoms with E-state index >= 15 is 0 Å². The molecule has 160 valence electrons. The van der Waals surface area contributed by atoms with Gasteiger partial charge in [-0.25, -0.2) is 0 Å². The average molecular weight is 505 g/mol. The van der Waals surface area contributed by atoms with Crippen LogP contribution in [-0.2, 0) is 6.54 Å². The van der Waals surface area contributed by atoms with Crippen LogP contribution in [0.2, 0.25) is 0 Å². The maximum atomic E-state index is 5.53. The summed E-state index contributed by atoms with van der Waals surface area (Å²) >= 11 is 0. The Balaban J connectivity index is 0.00000392. The molecule has 7 nitrogen and oxygen atoms in total. The lowest BCUT2D eigenvalue weighted by atomic mass is 10.2. The van der Waals surface area contributed by atoms with Gasteiger partial charge < -0.3 is 24.6 Å². The number of methoxy groups -OCH3 is 2. The molecule has 0 saturated carbocycles. The molecule has 1 heterocycles. The number of aliphatic imine (C=N–C) groups is 1. The summed E-state index contributed by atoms with van der Waals surface area (Å²) in [6.07, 6.45) is 0. The van der Waals surface area contributed by atoms with Crippen LogP contribution in [0.4, 0.5) is 0 Å². The van der Waals surface area contributed by atoms with Crippen molar-refractivity contribution in [2.24, 2.45) is 4.99 Å². The number of hydrogen-bond acceptors (Lipinski definition) is 5. The zero-order valence-corrected chi connectivity index (χ0v) is 20.4. The van der Waals surface area contributed by atoms with Crippen LogP contribution in [0.1, 0.15) is 12.5 Å². The summed E-state index contributed by atoms with van der Waals surface area (Å²) in [6.45, 7) is 7.68. The Labute approximate surface area is 187 Å². The third-order valence-corrected chi connectivity index (χ3v) is 5.03. The Hall–Kier alpha value is -1.26. The number of halogens is 1. The highest BCUT2D eigenvalue weighted by Gasteiger charge is 2.22. The molecule has 1 saturated heterocycles. The summed E-state index contributed by atoms with van der Waals surface area (Å²) < 4.78 is 10.8. The first-order valence-electron chi connectivity index (χ1n) is 9.57. The normalized spacial score (nSPS) is 18.4. The highest BCUT2D eigenvalue weighted by molar-refractivity contribution is 14.0. The van der Waals surface area contributed by atoms with E-state index in [1.165, 1.54) is 0 Å². The third kappa shape index (κ3) is 6.97. The first kappa shape index (κ1) is 24.8. The summed E-state index contributed by atoms with van der Waals surface area (Å²) in [5.74, 6) is 2.53. The predicted octanol–water partition coefficient (Wildman–Crippen LogP) is 1.96. The minimum absolute atomic E-state index is 0. The van der Waals surface area contributed by atoms with Gasteiger partial charge in [0.05, 0.1) is 20.8 Å². The van der Waals surface area contributed by atoms with Crippen LogP contribution in [0.5, 0.6) is 11.5 Å². The van der Waals surface area contributed by atoms with Gasteiger partial charge in [0.15, 0.2) is 5.96 Å². The van der Waals surface area contributed by atoms with Crippen LogP contribution < -0.4 is 14.8 Å². The van der Waals surface area contributed by atoms with E-state index in [-0.39, 0.29) is 24.0 Å². The smallest absolute Gasteiger partial charge is 0.194 e. The first-order valence-corrected chi connectivity index (χ1v) is 9.57.